The maximum Gasteiger partial charge on any atom is 0.252 e. The summed E-state index contributed by atoms with van der Waals surface area (Å²) in [6.07, 6.45) is 12.1. The zero-order chi connectivity index (χ0) is 28.6. The number of anilines is 2. The summed E-state index contributed by atoms with van der Waals surface area (Å²) in [4.78, 5) is 27.4. The molecule has 0 bridgehead atoms. The molecule has 1 aliphatic rings. The normalized spacial score (nSPS) is 19.8. The minimum absolute atomic E-state index is 0.111. The summed E-state index contributed by atoms with van der Waals surface area (Å²) in [5.74, 6) is 1.36. The van der Waals surface area contributed by atoms with Gasteiger partial charge >= 0.3 is 0 Å². The lowest BCUT2D eigenvalue weighted by Gasteiger charge is -2.38. The van der Waals surface area contributed by atoms with Gasteiger partial charge in [-0.25, -0.2) is 24.0 Å². The van der Waals surface area contributed by atoms with Gasteiger partial charge in [-0.3, -0.25) is 9.89 Å². The number of methoxy groups -OCH3 is 1. The number of halogens is 1. The monoisotopic (exact) mass is 558 g/mol. The highest BCUT2D eigenvalue weighted by Gasteiger charge is 2.43. The quantitative estimate of drug-likeness (QED) is 0.258. The molecule has 1 amide bonds. The topological polar surface area (TPSA) is 140 Å². The number of ether oxygens (including phenoxy) is 1. The Morgan fingerprint density at radius 3 is 2.68 bits per heavy atom. The van der Waals surface area contributed by atoms with Gasteiger partial charge in [0.15, 0.2) is 23.1 Å². The van der Waals surface area contributed by atoms with Gasteiger partial charge in [0, 0.05) is 43.4 Å². The Morgan fingerprint density at radius 2 is 2.02 bits per heavy atom. The average Bonchev–Trinajstić information content (AvgIpc) is 3.74. The molecule has 0 aliphatic heterocycles. The van der Waals surface area contributed by atoms with E-state index >= 15 is 0 Å². The number of carbonyl (C=O) groups excluding carboxylic acids is 1. The van der Waals surface area contributed by atoms with Crippen molar-refractivity contribution in [3.63, 3.8) is 0 Å². The zero-order valence-corrected chi connectivity index (χ0v) is 23.0. The number of nitrogens with zero attached hydrogens (tertiary/aromatic N) is 7. The SMILES string of the molecule is CO[C@]1(C(=O)N[C@@H](C)c2ccc(-n3cc(F)cn3)nc2)CC[C@H](c2nc(Nc3cc(C)[nH]n3)cn3ccnc23)CC1. The number of aromatic amines is 1. The molecule has 0 radical (unpaired) electrons. The summed E-state index contributed by atoms with van der Waals surface area (Å²) in [5, 5.41) is 17.5. The van der Waals surface area contributed by atoms with Crippen molar-refractivity contribution >= 4 is 23.2 Å². The van der Waals surface area contributed by atoms with E-state index in [1.807, 2.05) is 42.8 Å². The van der Waals surface area contributed by atoms with Gasteiger partial charge in [0.25, 0.3) is 5.91 Å². The Hall–Kier alpha value is -4.65. The van der Waals surface area contributed by atoms with Crippen molar-refractivity contribution in [1.82, 2.24) is 44.6 Å². The Balaban J connectivity index is 1.14. The third-order valence-corrected chi connectivity index (χ3v) is 7.75. The molecule has 0 aromatic carbocycles. The fourth-order valence-electron chi connectivity index (χ4n) is 5.41. The first-order chi connectivity index (χ1) is 19.8. The van der Waals surface area contributed by atoms with Crippen LogP contribution in [0.5, 0.6) is 0 Å². The van der Waals surface area contributed by atoms with Crippen LogP contribution in [-0.2, 0) is 9.53 Å². The van der Waals surface area contributed by atoms with Crippen LogP contribution in [-0.4, -0.2) is 57.9 Å². The molecule has 1 fully saturated rings. The summed E-state index contributed by atoms with van der Waals surface area (Å²) in [6, 6.07) is 5.19. The van der Waals surface area contributed by atoms with E-state index in [0.717, 1.165) is 28.8 Å². The maximum atomic E-state index is 13.5. The van der Waals surface area contributed by atoms with Crippen molar-refractivity contribution in [2.24, 2.45) is 0 Å². The van der Waals surface area contributed by atoms with Gasteiger partial charge in [0.05, 0.1) is 30.3 Å². The first-order valence-electron chi connectivity index (χ1n) is 13.5. The van der Waals surface area contributed by atoms with Gasteiger partial charge < -0.3 is 19.8 Å². The smallest absolute Gasteiger partial charge is 0.252 e. The lowest BCUT2D eigenvalue weighted by Crippen LogP contribution is -2.50. The van der Waals surface area contributed by atoms with Gasteiger partial charge in [0.1, 0.15) is 11.4 Å². The molecule has 1 saturated carbocycles. The minimum Gasteiger partial charge on any atom is -0.368 e. The molecule has 13 heteroatoms. The first-order valence-corrected chi connectivity index (χ1v) is 13.5. The highest BCUT2D eigenvalue weighted by molar-refractivity contribution is 5.85. The van der Waals surface area contributed by atoms with Crippen molar-refractivity contribution in [3.05, 3.63) is 78.1 Å². The molecule has 41 heavy (non-hydrogen) atoms. The molecule has 12 nitrogen and oxygen atoms in total. The van der Waals surface area contributed by atoms with E-state index in [9.17, 15) is 9.18 Å². The number of aromatic nitrogens is 8. The molecular formula is C28H31FN10O2. The molecule has 5 heterocycles. The van der Waals surface area contributed by atoms with E-state index in [4.69, 9.17) is 9.72 Å². The number of rotatable bonds is 8. The largest absolute Gasteiger partial charge is 0.368 e. The highest BCUT2D eigenvalue weighted by Crippen LogP contribution is 2.41. The number of nitrogens with one attached hydrogen (secondary N) is 3. The lowest BCUT2D eigenvalue weighted by atomic mass is 9.76. The van der Waals surface area contributed by atoms with Crippen LogP contribution in [0.3, 0.4) is 0 Å². The average molecular weight is 559 g/mol. The molecule has 3 N–H and O–H groups in total. The number of H-pyrrole nitrogens is 1. The van der Waals surface area contributed by atoms with Crippen molar-refractivity contribution in [2.75, 3.05) is 12.4 Å². The number of aryl methyl sites for hydroxylation is 1. The number of imidazole rings is 1. The minimum atomic E-state index is -0.946. The van der Waals surface area contributed by atoms with E-state index in [2.05, 4.69) is 35.9 Å². The molecular weight excluding hydrogens is 527 g/mol. The molecule has 0 saturated heterocycles. The predicted molar refractivity (Wildman–Crippen MR) is 148 cm³/mol. The molecule has 212 valence electrons. The summed E-state index contributed by atoms with van der Waals surface area (Å²) in [5.41, 5.74) is 2.51. The second-order valence-electron chi connectivity index (χ2n) is 10.5. The number of fused-ring (bicyclic) bond motifs is 1. The van der Waals surface area contributed by atoms with Crippen molar-refractivity contribution < 1.29 is 13.9 Å². The van der Waals surface area contributed by atoms with E-state index in [0.29, 0.717) is 43.1 Å². The number of carbonyl (C=O) groups is 1. The van der Waals surface area contributed by atoms with Gasteiger partial charge in [-0.1, -0.05) is 6.07 Å². The molecule has 5 aromatic rings. The number of amides is 1. The van der Waals surface area contributed by atoms with E-state index in [1.165, 1.54) is 10.9 Å². The van der Waals surface area contributed by atoms with E-state index in [-0.39, 0.29) is 17.9 Å². The fourth-order valence-corrected chi connectivity index (χ4v) is 5.41. The number of hydrogen-bond donors (Lipinski definition) is 3. The Kier molecular flexibility index (Phi) is 6.95. The third kappa shape index (κ3) is 5.27. The van der Waals surface area contributed by atoms with Crippen LogP contribution in [0.4, 0.5) is 16.0 Å². The number of pyridine rings is 1. The van der Waals surface area contributed by atoms with Gasteiger partial charge in [0.2, 0.25) is 0 Å². The maximum absolute atomic E-state index is 13.5. The molecule has 1 aliphatic carbocycles. The molecule has 1 atom stereocenters. The van der Waals surface area contributed by atoms with Crippen molar-refractivity contribution in [1.29, 1.82) is 0 Å². The number of hydrogen-bond acceptors (Lipinski definition) is 8. The van der Waals surface area contributed by atoms with Gasteiger partial charge in [-0.05, 0) is 51.2 Å². The van der Waals surface area contributed by atoms with Crippen LogP contribution < -0.4 is 10.6 Å². The molecule has 5 aromatic heterocycles. The highest BCUT2D eigenvalue weighted by atomic mass is 19.1. The van der Waals surface area contributed by atoms with Crippen LogP contribution in [0.15, 0.2) is 55.4 Å². The third-order valence-electron chi connectivity index (χ3n) is 7.75. The molecule has 6 rings (SSSR count). The van der Waals surface area contributed by atoms with Crippen LogP contribution in [0.25, 0.3) is 11.5 Å². The van der Waals surface area contributed by atoms with Gasteiger partial charge in [-0.2, -0.15) is 10.2 Å². The van der Waals surface area contributed by atoms with Crippen LogP contribution >= 0.6 is 0 Å². The molecule has 0 unspecified atom stereocenters. The summed E-state index contributed by atoms with van der Waals surface area (Å²) in [7, 11) is 1.59. The second kappa shape index (κ2) is 10.7. The van der Waals surface area contributed by atoms with Gasteiger partial charge in [-0.15, -0.1) is 0 Å². The summed E-state index contributed by atoms with van der Waals surface area (Å²) < 4.78 is 22.5. The van der Waals surface area contributed by atoms with E-state index < -0.39 is 11.4 Å². The Bertz CT molecular complexity index is 1670. The second-order valence-corrected chi connectivity index (χ2v) is 10.5. The van der Waals surface area contributed by atoms with Crippen LogP contribution in [0, 0.1) is 12.7 Å². The molecule has 0 spiro atoms. The van der Waals surface area contributed by atoms with Crippen molar-refractivity contribution in [3.8, 4) is 5.82 Å². The standard InChI is InChI=1S/C28H31FN10O2/c1-17-12-22(37-36-17)34-23-16-38-11-10-30-26(38)25(35-23)19-6-8-28(41-3,9-7-19)27(40)33-18(2)20-4-5-24(31-13-20)39-15-21(29)14-32-39/h4-5,10-16,18-19H,6-9H2,1-3H3,(H,33,40)(H2,34,36,37)/t18-,19-,28+/m0/s1. The Morgan fingerprint density at radius 1 is 1.20 bits per heavy atom. The van der Waals surface area contributed by atoms with Crippen LogP contribution in [0.2, 0.25) is 0 Å². The lowest BCUT2D eigenvalue weighted by molar-refractivity contribution is -0.148. The van der Waals surface area contributed by atoms with Crippen LogP contribution in [0.1, 0.15) is 61.5 Å². The first kappa shape index (κ1) is 26.6. The summed E-state index contributed by atoms with van der Waals surface area (Å²) >= 11 is 0. The zero-order valence-electron chi connectivity index (χ0n) is 23.0. The fraction of sp³-hybridized carbons (Fsp3) is 0.357. The summed E-state index contributed by atoms with van der Waals surface area (Å²) in [6.45, 7) is 3.84. The predicted octanol–water partition coefficient (Wildman–Crippen LogP) is 4.14. The van der Waals surface area contributed by atoms with E-state index in [1.54, 1.807) is 25.6 Å². The van der Waals surface area contributed by atoms with Crippen molar-refractivity contribution in [2.45, 2.75) is 57.1 Å². The Labute approximate surface area is 235 Å².